The van der Waals surface area contributed by atoms with Gasteiger partial charge in [-0.15, -0.1) is 0 Å². The number of halogens is 2. The molecule has 2 N–H and O–H groups in total. The summed E-state index contributed by atoms with van der Waals surface area (Å²) in [6.45, 7) is 6.00. The van der Waals surface area contributed by atoms with Gasteiger partial charge < -0.3 is 10.3 Å². The molecule has 0 saturated carbocycles. The van der Waals surface area contributed by atoms with Gasteiger partial charge in [-0.1, -0.05) is 38.1 Å². The van der Waals surface area contributed by atoms with Crippen molar-refractivity contribution in [3.05, 3.63) is 70.9 Å². The molecule has 1 heterocycles. The van der Waals surface area contributed by atoms with Gasteiger partial charge in [0.05, 0.1) is 0 Å². The summed E-state index contributed by atoms with van der Waals surface area (Å²) in [4.78, 5) is 15.9. The van der Waals surface area contributed by atoms with Gasteiger partial charge >= 0.3 is 0 Å². The van der Waals surface area contributed by atoms with Crippen LogP contribution in [0.1, 0.15) is 56.2 Å². The van der Waals surface area contributed by atoms with Crippen molar-refractivity contribution < 1.29 is 13.6 Å². The molecular weight excluding hydrogens is 358 g/mol. The van der Waals surface area contributed by atoms with Crippen LogP contribution in [0.5, 0.6) is 0 Å². The van der Waals surface area contributed by atoms with E-state index in [1.54, 1.807) is 0 Å². The minimum absolute atomic E-state index is 0.0425. The van der Waals surface area contributed by atoms with Crippen LogP contribution in [0.2, 0.25) is 0 Å². The number of para-hydroxylation sites is 1. The lowest BCUT2D eigenvalue weighted by Crippen LogP contribution is -2.33. The second kappa shape index (κ2) is 8.55. The number of hydrogen-bond donors (Lipinski definition) is 2. The van der Waals surface area contributed by atoms with Gasteiger partial charge in [0.25, 0.3) is 0 Å². The molecular formula is C23H26F2N2O. The summed E-state index contributed by atoms with van der Waals surface area (Å²) in [7, 11) is 0. The van der Waals surface area contributed by atoms with Crippen LogP contribution in [0.4, 0.5) is 8.78 Å². The molecule has 0 radical (unpaired) electrons. The molecule has 2 aromatic carbocycles. The van der Waals surface area contributed by atoms with Gasteiger partial charge in [-0.25, -0.2) is 8.78 Å². The number of aromatic amines is 1. The lowest BCUT2D eigenvalue weighted by atomic mass is 9.87. The number of H-pyrrole nitrogens is 1. The van der Waals surface area contributed by atoms with Gasteiger partial charge in [-0.3, -0.25) is 4.79 Å². The highest BCUT2D eigenvalue weighted by Gasteiger charge is 2.25. The molecule has 148 valence electrons. The Balaban J connectivity index is 2.07. The molecule has 0 fully saturated rings. The summed E-state index contributed by atoms with van der Waals surface area (Å²) >= 11 is 0. The number of carbonyl (C=O) groups excluding carboxylic acids is 1. The Labute approximate surface area is 164 Å². The lowest BCUT2D eigenvalue weighted by Gasteiger charge is -2.19. The van der Waals surface area contributed by atoms with Gasteiger partial charge in [0, 0.05) is 41.5 Å². The first-order chi connectivity index (χ1) is 13.4. The van der Waals surface area contributed by atoms with Crippen LogP contribution in [0.15, 0.2) is 42.6 Å². The third kappa shape index (κ3) is 4.08. The highest BCUT2D eigenvalue weighted by molar-refractivity contribution is 5.88. The highest BCUT2D eigenvalue weighted by atomic mass is 19.1. The summed E-state index contributed by atoms with van der Waals surface area (Å²) in [5, 5.41) is 3.91. The first-order valence-electron chi connectivity index (χ1n) is 9.77. The molecule has 0 aliphatic heterocycles. The number of nitrogens with one attached hydrogen (secondary N) is 2. The average Bonchev–Trinajstić information content (AvgIpc) is 3.10. The molecule has 0 bridgehead atoms. The summed E-state index contributed by atoms with van der Waals surface area (Å²) in [5.41, 5.74) is 3.32. The van der Waals surface area contributed by atoms with Crippen molar-refractivity contribution >= 4 is 16.8 Å². The lowest BCUT2D eigenvalue weighted by molar-refractivity contribution is -0.121. The van der Waals surface area contributed by atoms with Gasteiger partial charge in [-0.05, 0) is 42.5 Å². The predicted molar refractivity (Wildman–Crippen MR) is 108 cm³/mol. The van der Waals surface area contributed by atoms with Crippen molar-refractivity contribution in [2.75, 3.05) is 0 Å². The molecule has 0 aliphatic rings. The average molecular weight is 384 g/mol. The zero-order chi connectivity index (χ0) is 20.3. The Kier molecular flexibility index (Phi) is 6.12. The molecule has 5 heteroatoms. The van der Waals surface area contributed by atoms with Gasteiger partial charge in [-0.2, -0.15) is 0 Å². The zero-order valence-corrected chi connectivity index (χ0v) is 16.5. The van der Waals surface area contributed by atoms with Crippen molar-refractivity contribution in [3.8, 4) is 0 Å². The van der Waals surface area contributed by atoms with E-state index in [0.717, 1.165) is 40.9 Å². The second-order valence-corrected chi connectivity index (χ2v) is 7.24. The Morgan fingerprint density at radius 1 is 1.14 bits per heavy atom. The molecule has 3 rings (SSSR count). The number of carbonyl (C=O) groups is 1. The van der Waals surface area contributed by atoms with E-state index in [1.165, 1.54) is 12.1 Å². The van der Waals surface area contributed by atoms with Crippen LogP contribution >= 0.6 is 0 Å². The van der Waals surface area contributed by atoms with Gasteiger partial charge in [0.15, 0.2) is 0 Å². The Morgan fingerprint density at radius 2 is 1.93 bits per heavy atom. The molecule has 3 aromatic rings. The van der Waals surface area contributed by atoms with Crippen LogP contribution < -0.4 is 5.32 Å². The van der Waals surface area contributed by atoms with Crippen LogP contribution in [0.25, 0.3) is 10.9 Å². The summed E-state index contributed by atoms with van der Waals surface area (Å²) in [5.74, 6) is -1.92. The summed E-state index contributed by atoms with van der Waals surface area (Å²) < 4.78 is 28.1. The normalized spacial score (nSPS) is 13.5. The van der Waals surface area contributed by atoms with E-state index in [-0.39, 0.29) is 18.4 Å². The van der Waals surface area contributed by atoms with E-state index in [1.807, 2.05) is 38.2 Å². The van der Waals surface area contributed by atoms with Gasteiger partial charge in [0.1, 0.15) is 11.6 Å². The van der Waals surface area contributed by atoms with Crippen molar-refractivity contribution in [2.24, 2.45) is 0 Å². The third-order valence-corrected chi connectivity index (χ3v) is 5.34. The van der Waals surface area contributed by atoms with Crippen LogP contribution in [-0.2, 0) is 11.2 Å². The molecule has 1 amide bonds. The number of aromatic nitrogens is 1. The van der Waals surface area contributed by atoms with E-state index in [2.05, 4.69) is 17.2 Å². The Bertz CT molecular complexity index is 980. The van der Waals surface area contributed by atoms with Crippen molar-refractivity contribution in [1.29, 1.82) is 0 Å². The maximum Gasteiger partial charge on any atom is 0.221 e. The topological polar surface area (TPSA) is 44.9 Å². The van der Waals surface area contributed by atoms with Crippen LogP contribution in [0.3, 0.4) is 0 Å². The van der Waals surface area contributed by atoms with E-state index in [4.69, 9.17) is 0 Å². The molecule has 1 aromatic heterocycles. The third-order valence-electron chi connectivity index (χ3n) is 5.34. The number of rotatable bonds is 7. The highest BCUT2D eigenvalue weighted by Crippen LogP contribution is 2.36. The first kappa shape index (κ1) is 20.1. The molecule has 0 aliphatic carbocycles. The van der Waals surface area contributed by atoms with E-state index >= 15 is 0 Å². The molecule has 3 nitrogen and oxygen atoms in total. The standard InChI is InChI=1S/C23H26F2N2O/c1-4-14(3)27-22(28)12-19(17-10-9-16(24)11-21(17)25)20-13-26-23-15(5-2)7-6-8-18(20)23/h6-11,13-14,19,26H,4-5,12H2,1-3H3,(H,27,28). The molecule has 0 spiro atoms. The van der Waals surface area contributed by atoms with Crippen LogP contribution in [0, 0.1) is 11.6 Å². The predicted octanol–water partition coefficient (Wildman–Crippen LogP) is 5.45. The fourth-order valence-corrected chi connectivity index (χ4v) is 3.61. The maximum atomic E-state index is 14.6. The minimum Gasteiger partial charge on any atom is -0.361 e. The fraction of sp³-hybridized carbons (Fsp3) is 0.348. The molecule has 2 unspecified atom stereocenters. The maximum absolute atomic E-state index is 14.6. The largest absolute Gasteiger partial charge is 0.361 e. The fourth-order valence-electron chi connectivity index (χ4n) is 3.61. The first-order valence-corrected chi connectivity index (χ1v) is 9.77. The molecule has 2 atom stereocenters. The second-order valence-electron chi connectivity index (χ2n) is 7.24. The summed E-state index contributed by atoms with van der Waals surface area (Å²) in [6.07, 6.45) is 3.61. The minimum atomic E-state index is -0.637. The number of fused-ring (bicyclic) bond motifs is 1. The molecule has 0 saturated heterocycles. The SMILES string of the molecule is CCc1cccc2c(C(CC(=O)NC(C)CC)c3ccc(F)cc3F)c[nH]c12. The number of hydrogen-bond acceptors (Lipinski definition) is 1. The quantitative estimate of drug-likeness (QED) is 0.559. The van der Waals surface area contributed by atoms with Gasteiger partial charge in [0.2, 0.25) is 5.91 Å². The van der Waals surface area contributed by atoms with Crippen molar-refractivity contribution in [3.63, 3.8) is 0 Å². The molecule has 28 heavy (non-hydrogen) atoms. The number of benzene rings is 2. The van der Waals surface area contributed by atoms with Crippen molar-refractivity contribution in [1.82, 2.24) is 10.3 Å². The van der Waals surface area contributed by atoms with Crippen LogP contribution in [-0.4, -0.2) is 16.9 Å². The number of aryl methyl sites for hydroxylation is 1. The monoisotopic (exact) mass is 384 g/mol. The zero-order valence-electron chi connectivity index (χ0n) is 16.5. The number of amides is 1. The summed E-state index contributed by atoms with van der Waals surface area (Å²) in [6, 6.07) is 9.59. The van der Waals surface area contributed by atoms with E-state index in [9.17, 15) is 13.6 Å². The smallest absolute Gasteiger partial charge is 0.221 e. The van der Waals surface area contributed by atoms with E-state index < -0.39 is 17.6 Å². The Hall–Kier alpha value is -2.69. The Morgan fingerprint density at radius 3 is 2.61 bits per heavy atom. The van der Waals surface area contributed by atoms with E-state index in [0.29, 0.717) is 5.56 Å². The van der Waals surface area contributed by atoms with Crippen molar-refractivity contribution in [2.45, 2.75) is 52.0 Å².